The summed E-state index contributed by atoms with van der Waals surface area (Å²) in [4.78, 5) is 65.6. The maximum absolute atomic E-state index is 20.2. The molecule has 8 aliphatic rings. The fourth-order valence-electron chi connectivity index (χ4n) is 18.3. The lowest BCUT2D eigenvalue weighted by Gasteiger charge is -2.47. The number of hydrogen-bond acceptors (Lipinski definition) is 12. The Morgan fingerprint density at radius 3 is 0.537 bits per heavy atom. The van der Waals surface area contributed by atoms with Crippen molar-refractivity contribution in [2.75, 3.05) is 0 Å². The van der Waals surface area contributed by atoms with E-state index in [0.717, 1.165) is 24.3 Å². The average molecular weight is 1710 g/mol. The predicted molar refractivity (Wildman–Crippen MR) is 342 cm³/mol. The van der Waals surface area contributed by atoms with Gasteiger partial charge in [0.2, 0.25) is 68.9 Å². The molecule has 12 aromatic rings. The molecule has 41 heteroatoms. The number of hydrogen-bond donors (Lipinski definition) is 0. The topological polar surface area (TPSA) is 142 Å². The second-order valence-electron chi connectivity index (χ2n) is 27.8. The number of carbonyl (C=O) groups excluding carboxylic acids is 4. The van der Waals surface area contributed by atoms with Crippen LogP contribution >= 0.6 is 0 Å². The van der Waals surface area contributed by atoms with Crippen molar-refractivity contribution in [3.63, 3.8) is 0 Å². The van der Waals surface area contributed by atoms with Gasteiger partial charge in [-0.2, -0.15) is 17.6 Å². The Hall–Kier alpha value is -14.2. The minimum absolute atomic E-state index is 0.352. The molecule has 0 saturated carbocycles. The summed E-state index contributed by atoms with van der Waals surface area (Å²) in [6, 6.07) is 8.98. The number of carbonyl (C=O) groups is 4. The van der Waals surface area contributed by atoms with E-state index in [4.69, 9.17) is 37.9 Å². The number of halogens is 28. The van der Waals surface area contributed by atoms with Gasteiger partial charge in [0.1, 0.15) is 52.4 Å². The zero-order valence-electron chi connectivity index (χ0n) is 57.3. The van der Waals surface area contributed by atoms with Crippen molar-refractivity contribution in [3.8, 4) is 46.0 Å². The Morgan fingerprint density at radius 2 is 0.347 bits per heavy atom. The minimum atomic E-state index is -8.16. The monoisotopic (exact) mass is 1710 g/mol. The van der Waals surface area contributed by atoms with E-state index in [1.807, 2.05) is 0 Å². The van der Waals surface area contributed by atoms with Crippen LogP contribution in [-0.4, -0.2) is 30.0 Å². The Balaban J connectivity index is 1.12. The molecule has 0 saturated heterocycles. The van der Waals surface area contributed by atoms with Crippen molar-refractivity contribution in [2.24, 2.45) is 0 Å². The SMILES string of the molecule is O=C1OC2(c3ccccc3Oc3c(F)c(F)c(F)c(F)c32)c2c(F)c(F)c(F)c([B-](c3c(F)c(F)c(F)c4c3C(=O)OC43c4ccccc4Oc4c(F)c(F)c(F)c(F)c43)(c3c(F)c(F)c(F)c4c3C(=O)OC43c4ccccc4Oc4c(F)c(F)c(F)c(F)c43)c3c(F)c(F)c(F)c4c3C(=O)OC43c4ccccc4Oc4c(F)c(F)c(F)c(F)c43)c21. The van der Waals surface area contributed by atoms with Crippen molar-refractivity contribution in [1.82, 2.24) is 0 Å². The highest BCUT2D eigenvalue weighted by atomic mass is 19.2. The van der Waals surface area contributed by atoms with E-state index in [9.17, 15) is 0 Å². The molecule has 12 aromatic carbocycles. The highest BCUT2D eigenvalue weighted by Gasteiger charge is 2.70. The number of rotatable bonds is 4. The van der Waals surface area contributed by atoms with Crippen LogP contribution in [0.5, 0.6) is 46.0 Å². The summed E-state index contributed by atoms with van der Waals surface area (Å²) in [6.07, 6.45) is -8.16. The van der Waals surface area contributed by atoms with Crippen LogP contribution in [0.25, 0.3) is 0 Å². The molecule has 20 rings (SSSR count). The van der Waals surface area contributed by atoms with Crippen LogP contribution in [0.15, 0.2) is 97.1 Å². The molecular weight excluding hydrogens is 1700 g/mol. The molecule has 8 aliphatic heterocycles. The molecular formula is C80H16BF28O12-. The van der Waals surface area contributed by atoms with Gasteiger partial charge in [0.05, 0.1) is 44.5 Å². The summed E-state index contributed by atoms with van der Waals surface area (Å²) >= 11 is 0. The molecule has 0 radical (unpaired) electrons. The Labute approximate surface area is 647 Å². The van der Waals surface area contributed by atoms with E-state index < -0.39 is 372 Å². The second-order valence-corrected chi connectivity index (χ2v) is 27.8. The molecule has 8 heterocycles. The zero-order chi connectivity index (χ0) is 86.1. The zero-order valence-corrected chi connectivity index (χ0v) is 57.3. The summed E-state index contributed by atoms with van der Waals surface area (Å²) in [6.45, 7) is 0. The van der Waals surface area contributed by atoms with Crippen LogP contribution in [0.4, 0.5) is 123 Å². The number of fused-ring (bicyclic) bond motifs is 24. The van der Waals surface area contributed by atoms with E-state index in [1.54, 1.807) is 0 Å². The third-order valence-corrected chi connectivity index (χ3v) is 22.6. The highest BCUT2D eigenvalue weighted by molar-refractivity contribution is 7.21. The Kier molecular flexibility index (Phi) is 15.0. The molecule has 4 atom stereocenters. The van der Waals surface area contributed by atoms with E-state index >= 15 is 142 Å². The number of ether oxygens (including phenoxy) is 8. The van der Waals surface area contributed by atoms with Crippen molar-refractivity contribution < 1.29 is 180 Å². The van der Waals surface area contributed by atoms with Crippen molar-refractivity contribution in [1.29, 1.82) is 0 Å². The fraction of sp³-hybridized carbons (Fsp3) is 0.0500. The van der Waals surface area contributed by atoms with Crippen LogP contribution < -0.4 is 40.8 Å². The van der Waals surface area contributed by atoms with Crippen molar-refractivity contribution in [2.45, 2.75) is 22.4 Å². The van der Waals surface area contributed by atoms with Gasteiger partial charge in [-0.1, -0.05) is 72.8 Å². The number of para-hydroxylation sites is 4. The lowest BCUT2D eigenvalue weighted by Crippen LogP contribution is -2.81. The lowest BCUT2D eigenvalue weighted by molar-refractivity contribution is 0.0188. The van der Waals surface area contributed by atoms with Gasteiger partial charge in [-0.3, -0.25) is 0 Å². The molecule has 0 fully saturated rings. The molecule has 0 N–H and O–H groups in total. The normalized spacial score (nSPS) is 19.5. The molecule has 608 valence electrons. The van der Waals surface area contributed by atoms with Gasteiger partial charge in [-0.25, -0.2) is 125 Å². The molecule has 12 nitrogen and oxygen atoms in total. The first-order chi connectivity index (χ1) is 57.3. The summed E-state index contributed by atoms with van der Waals surface area (Å²) in [5.74, 6) is -120. The van der Waals surface area contributed by atoms with Crippen molar-refractivity contribution >= 4 is 51.9 Å². The smallest absolute Gasteiger partial charge is 0.337 e. The maximum atomic E-state index is 20.2. The van der Waals surface area contributed by atoms with Gasteiger partial charge in [-0.05, 0) is 24.3 Å². The third-order valence-electron chi connectivity index (χ3n) is 22.6. The summed E-state index contributed by atoms with van der Waals surface area (Å²) in [7, 11) is 0. The standard InChI is InChI=1S/C80H16BF28O12/c82-41-29-25(73(110)118-77(29)17-9-1-5-13-21(17)114-69-33(77)45(86)57(98)61(102)65(69)106)37(49(90)53(41)94)81(38-26-30(42(83)54(95)50(38)91)78(119-74(26)111)18-10-2-6-14-22(18)115-70-34(78)46(87)58(99)62(103)66(70)107,39-27-31(43(84)55(96)51(39)92)79(120-75(27)112)19-11-3-7-15-23(19)116-71-35(79)47(88)59(100)63(104)67(71)108)40-28-32(44(85)56(97)52(40)93)80(121-76(28)113)20-12-4-8-16-24(20)117-72-36(80)48(89)60(101)64(105)68(72)109/h1-16H/q-1. The van der Waals surface area contributed by atoms with Gasteiger partial charge in [0.15, 0.2) is 116 Å². The lowest BCUT2D eigenvalue weighted by atomic mass is 9.10. The third kappa shape index (κ3) is 8.34. The van der Waals surface area contributed by atoms with Gasteiger partial charge < -0.3 is 37.9 Å². The van der Waals surface area contributed by atoms with Crippen LogP contribution in [0.1, 0.15) is 108 Å². The molecule has 4 unspecified atom stereocenters. The largest absolute Gasteiger partial charge is 0.453 e. The molecule has 121 heavy (non-hydrogen) atoms. The summed E-state index contributed by atoms with van der Waals surface area (Å²) in [5, 5.41) is 0. The van der Waals surface area contributed by atoms with E-state index in [-0.39, 0.29) is 0 Å². The minimum Gasteiger partial charge on any atom is -0.453 e. The highest BCUT2D eigenvalue weighted by Crippen LogP contribution is 2.66. The molecule has 0 aliphatic carbocycles. The van der Waals surface area contributed by atoms with E-state index in [1.165, 1.54) is 0 Å². The molecule has 0 bridgehead atoms. The Bertz CT molecular complexity index is 6350. The average Bonchev–Trinajstić information content (AvgIpc) is 1.53. The summed E-state index contributed by atoms with van der Waals surface area (Å²) < 4.78 is 543. The van der Waals surface area contributed by atoms with Gasteiger partial charge >= 0.3 is 23.9 Å². The van der Waals surface area contributed by atoms with Crippen LogP contribution in [0, 0.1) is 163 Å². The maximum Gasteiger partial charge on any atom is 0.337 e. The first-order valence-electron chi connectivity index (χ1n) is 33.8. The van der Waals surface area contributed by atoms with E-state index in [0.29, 0.717) is 72.8 Å². The Morgan fingerprint density at radius 1 is 0.190 bits per heavy atom. The van der Waals surface area contributed by atoms with Crippen LogP contribution in [-0.2, 0) is 41.4 Å². The van der Waals surface area contributed by atoms with Gasteiger partial charge in [0, 0.05) is 44.5 Å². The number of benzene rings is 12. The molecule has 0 amide bonds. The van der Waals surface area contributed by atoms with Crippen molar-refractivity contribution in [3.05, 3.63) is 349 Å². The van der Waals surface area contributed by atoms with Gasteiger partial charge in [0.25, 0.3) is 0 Å². The second kappa shape index (κ2) is 24.1. The fourth-order valence-corrected chi connectivity index (χ4v) is 18.3. The molecule has 0 aromatic heterocycles. The number of esters is 4. The first-order valence-corrected chi connectivity index (χ1v) is 33.8. The summed E-state index contributed by atoms with van der Waals surface area (Å²) in [5.41, 5.74) is -72.0. The quantitative estimate of drug-likeness (QED) is 0.0413. The van der Waals surface area contributed by atoms with Crippen LogP contribution in [0.3, 0.4) is 0 Å². The van der Waals surface area contributed by atoms with Crippen LogP contribution in [0.2, 0.25) is 0 Å². The van der Waals surface area contributed by atoms with Gasteiger partial charge in [-0.15, -0.1) is 21.9 Å². The molecule has 4 spiro atoms. The van der Waals surface area contributed by atoms with E-state index in [2.05, 4.69) is 0 Å². The first kappa shape index (κ1) is 75.6. The predicted octanol–water partition coefficient (Wildman–Crippen LogP) is 17.2.